The van der Waals surface area contributed by atoms with E-state index < -0.39 is 0 Å². The molecule has 20 heavy (non-hydrogen) atoms. The van der Waals surface area contributed by atoms with Crippen molar-refractivity contribution in [1.29, 1.82) is 5.26 Å². The Hall–Kier alpha value is -2.16. The molecule has 2 N–H and O–H groups in total. The summed E-state index contributed by atoms with van der Waals surface area (Å²) in [5.41, 5.74) is 2.43. The van der Waals surface area contributed by atoms with Gasteiger partial charge >= 0.3 is 0 Å². The second kappa shape index (κ2) is 5.08. The molecule has 0 radical (unpaired) electrons. The maximum Gasteiger partial charge on any atom is 0.174 e. The van der Waals surface area contributed by atoms with Crippen LogP contribution in [-0.2, 0) is 0 Å². The van der Waals surface area contributed by atoms with Gasteiger partial charge in [-0.3, -0.25) is 5.10 Å². The molecular weight excluding hydrogens is 299 g/mol. The molecular formula is C13H8Cl2N4O. The number of halogens is 2. The van der Waals surface area contributed by atoms with Crippen LogP contribution in [0.3, 0.4) is 0 Å². The highest BCUT2D eigenvalue weighted by atomic mass is 35.5. The summed E-state index contributed by atoms with van der Waals surface area (Å²) in [6.07, 6.45) is 5.26. The first-order chi connectivity index (χ1) is 9.72. The summed E-state index contributed by atoms with van der Waals surface area (Å²) >= 11 is 12.3. The van der Waals surface area contributed by atoms with Crippen molar-refractivity contribution >= 4 is 34.1 Å². The van der Waals surface area contributed by atoms with Crippen LogP contribution in [0.15, 0.2) is 24.7 Å². The molecule has 0 fully saturated rings. The molecule has 0 amide bonds. The molecule has 3 aromatic rings. The van der Waals surface area contributed by atoms with Gasteiger partial charge in [0.05, 0.1) is 27.1 Å². The molecule has 2 heterocycles. The van der Waals surface area contributed by atoms with E-state index >= 15 is 0 Å². The van der Waals surface area contributed by atoms with Crippen molar-refractivity contribution in [3.8, 4) is 22.9 Å². The molecule has 0 aliphatic rings. The number of aromatic nitrogens is 3. The Morgan fingerprint density at radius 1 is 1.35 bits per heavy atom. The van der Waals surface area contributed by atoms with Crippen molar-refractivity contribution in [3.05, 3.63) is 34.7 Å². The fourth-order valence-electron chi connectivity index (χ4n) is 2.07. The number of aromatic amines is 2. The predicted molar refractivity (Wildman–Crippen MR) is 77.0 cm³/mol. The minimum Gasteiger partial charge on any atom is -0.478 e. The van der Waals surface area contributed by atoms with Gasteiger partial charge in [0.1, 0.15) is 11.8 Å². The summed E-state index contributed by atoms with van der Waals surface area (Å²) in [7, 11) is 0. The molecule has 0 aliphatic heterocycles. The summed E-state index contributed by atoms with van der Waals surface area (Å²) in [6.45, 7) is -0.0664. The van der Waals surface area contributed by atoms with Crippen molar-refractivity contribution in [1.82, 2.24) is 15.2 Å². The van der Waals surface area contributed by atoms with Gasteiger partial charge in [-0.1, -0.05) is 23.2 Å². The van der Waals surface area contributed by atoms with E-state index in [9.17, 15) is 0 Å². The zero-order valence-corrected chi connectivity index (χ0v) is 11.6. The van der Waals surface area contributed by atoms with Gasteiger partial charge < -0.3 is 9.72 Å². The molecule has 0 atom stereocenters. The van der Waals surface area contributed by atoms with Crippen molar-refractivity contribution < 1.29 is 4.74 Å². The first-order valence-electron chi connectivity index (χ1n) is 5.70. The lowest BCUT2D eigenvalue weighted by Crippen LogP contribution is -1.94. The van der Waals surface area contributed by atoms with Crippen LogP contribution in [-0.4, -0.2) is 21.8 Å². The molecule has 0 bridgehead atoms. The van der Waals surface area contributed by atoms with Crippen LogP contribution >= 0.6 is 23.2 Å². The average molecular weight is 307 g/mol. The number of rotatable bonds is 3. The Morgan fingerprint density at radius 3 is 2.90 bits per heavy atom. The normalized spacial score (nSPS) is 10.7. The number of hydrogen-bond donors (Lipinski definition) is 2. The van der Waals surface area contributed by atoms with Crippen molar-refractivity contribution in [3.63, 3.8) is 0 Å². The van der Waals surface area contributed by atoms with Crippen LogP contribution in [0.25, 0.3) is 22.0 Å². The summed E-state index contributed by atoms with van der Waals surface area (Å²) in [6, 6.07) is 3.55. The molecule has 0 unspecified atom stereocenters. The van der Waals surface area contributed by atoms with Crippen molar-refractivity contribution in [2.45, 2.75) is 0 Å². The standard InChI is InChI=1S/C13H8Cl2N4O/c14-9-3-10(20-2-1-16)11-8(7-4-18-19-5-7)6-17-13(11)12(9)15/h3-6,17H,2H2,(H,18,19). The summed E-state index contributed by atoms with van der Waals surface area (Å²) < 4.78 is 5.45. The lowest BCUT2D eigenvalue weighted by atomic mass is 10.1. The Balaban J connectivity index is 2.28. The zero-order valence-electron chi connectivity index (χ0n) is 10.1. The maximum atomic E-state index is 8.67. The lowest BCUT2D eigenvalue weighted by molar-refractivity contribution is 0.373. The summed E-state index contributed by atoms with van der Waals surface area (Å²) in [4.78, 5) is 3.08. The first-order valence-corrected chi connectivity index (χ1v) is 6.46. The van der Waals surface area contributed by atoms with E-state index in [1.165, 1.54) is 0 Å². The molecule has 0 spiro atoms. The Labute approximate surface area is 124 Å². The third-order valence-corrected chi connectivity index (χ3v) is 3.70. The first kappa shape index (κ1) is 12.9. The van der Waals surface area contributed by atoms with E-state index in [4.69, 9.17) is 33.2 Å². The molecule has 100 valence electrons. The van der Waals surface area contributed by atoms with Gasteiger partial charge in [-0.2, -0.15) is 10.4 Å². The number of fused-ring (bicyclic) bond motifs is 1. The Bertz CT molecular complexity index is 802. The quantitative estimate of drug-likeness (QED) is 0.773. The van der Waals surface area contributed by atoms with Gasteiger partial charge in [0.2, 0.25) is 0 Å². The molecule has 5 nitrogen and oxygen atoms in total. The summed E-state index contributed by atoms with van der Waals surface area (Å²) in [5.74, 6) is 0.508. The number of nitrogens with zero attached hydrogens (tertiary/aromatic N) is 2. The van der Waals surface area contributed by atoms with Gasteiger partial charge in [-0.25, -0.2) is 0 Å². The third-order valence-electron chi connectivity index (χ3n) is 2.92. The highest BCUT2D eigenvalue weighted by Gasteiger charge is 2.17. The average Bonchev–Trinajstić information content (AvgIpc) is 3.09. The minimum absolute atomic E-state index is 0.0664. The fourth-order valence-corrected chi connectivity index (χ4v) is 2.47. The highest BCUT2D eigenvalue weighted by Crippen LogP contribution is 2.42. The predicted octanol–water partition coefficient (Wildman–Crippen LogP) is 3.77. The maximum absolute atomic E-state index is 8.67. The smallest absolute Gasteiger partial charge is 0.174 e. The second-order valence-electron chi connectivity index (χ2n) is 4.06. The van der Waals surface area contributed by atoms with Crippen LogP contribution in [0.2, 0.25) is 10.0 Å². The lowest BCUT2D eigenvalue weighted by Gasteiger charge is -2.08. The molecule has 2 aromatic heterocycles. The van der Waals surface area contributed by atoms with Gasteiger partial charge in [0.25, 0.3) is 0 Å². The van der Waals surface area contributed by atoms with E-state index in [1.54, 1.807) is 24.7 Å². The topological polar surface area (TPSA) is 77.5 Å². The second-order valence-corrected chi connectivity index (χ2v) is 4.84. The number of nitriles is 1. The number of H-pyrrole nitrogens is 2. The van der Waals surface area contributed by atoms with E-state index in [2.05, 4.69) is 15.2 Å². The Kier molecular flexibility index (Phi) is 3.26. The van der Waals surface area contributed by atoms with Crippen molar-refractivity contribution in [2.24, 2.45) is 0 Å². The Morgan fingerprint density at radius 2 is 2.20 bits per heavy atom. The molecule has 3 rings (SSSR count). The van der Waals surface area contributed by atoms with Crippen LogP contribution in [0, 0.1) is 11.3 Å². The summed E-state index contributed by atoms with van der Waals surface area (Å²) in [5, 5.41) is 16.9. The molecule has 0 saturated carbocycles. The SMILES string of the molecule is N#CCOc1cc(Cl)c(Cl)c2[nH]cc(-c3cn[nH]c3)c12. The van der Waals surface area contributed by atoms with E-state index in [0.717, 1.165) is 16.5 Å². The van der Waals surface area contributed by atoms with Crippen molar-refractivity contribution in [2.75, 3.05) is 6.61 Å². The van der Waals surface area contributed by atoms with E-state index in [0.29, 0.717) is 21.3 Å². The minimum atomic E-state index is -0.0664. The molecule has 7 heteroatoms. The zero-order chi connectivity index (χ0) is 14.1. The third kappa shape index (κ3) is 1.99. The van der Waals surface area contributed by atoms with E-state index in [-0.39, 0.29) is 6.61 Å². The highest BCUT2D eigenvalue weighted by molar-refractivity contribution is 6.45. The largest absolute Gasteiger partial charge is 0.478 e. The molecule has 0 aliphatic carbocycles. The monoisotopic (exact) mass is 306 g/mol. The number of ether oxygens (including phenoxy) is 1. The van der Waals surface area contributed by atoms with Gasteiger partial charge in [0, 0.05) is 29.6 Å². The molecule has 0 saturated heterocycles. The van der Waals surface area contributed by atoms with Crippen LogP contribution in [0.5, 0.6) is 5.75 Å². The number of benzene rings is 1. The van der Waals surface area contributed by atoms with Crippen LogP contribution < -0.4 is 4.74 Å². The van der Waals surface area contributed by atoms with Crippen LogP contribution in [0.1, 0.15) is 0 Å². The number of nitrogens with one attached hydrogen (secondary N) is 2. The van der Waals surface area contributed by atoms with Crippen LogP contribution in [0.4, 0.5) is 0 Å². The van der Waals surface area contributed by atoms with Gasteiger partial charge in [-0.15, -0.1) is 0 Å². The van der Waals surface area contributed by atoms with Gasteiger partial charge in [-0.05, 0) is 0 Å². The van der Waals surface area contributed by atoms with E-state index in [1.807, 2.05) is 6.07 Å². The molecule has 1 aromatic carbocycles. The van der Waals surface area contributed by atoms with Gasteiger partial charge in [0.15, 0.2) is 6.61 Å². The number of hydrogen-bond acceptors (Lipinski definition) is 3. The fraction of sp³-hybridized carbons (Fsp3) is 0.0769.